The van der Waals surface area contributed by atoms with Crippen LogP contribution in [-0.4, -0.2) is 90.0 Å². The Labute approximate surface area is 210 Å². The zero-order chi connectivity index (χ0) is 26.4. The van der Waals surface area contributed by atoms with E-state index in [2.05, 4.69) is 6.58 Å². The van der Waals surface area contributed by atoms with Gasteiger partial charge in [-0.05, 0) is 49.3 Å². The van der Waals surface area contributed by atoms with Crippen molar-refractivity contribution in [3.63, 3.8) is 0 Å². The Hall–Kier alpha value is -1.85. The highest BCUT2D eigenvalue weighted by Crippen LogP contribution is 2.67. The molecule has 0 unspecified atom stereocenters. The highest BCUT2D eigenvalue weighted by molar-refractivity contribution is 5.89. The lowest BCUT2D eigenvalue weighted by molar-refractivity contribution is -0.267. The fourth-order valence-corrected chi connectivity index (χ4v) is 7.60. The second-order valence-electron chi connectivity index (χ2n) is 11.6. The molecule has 0 radical (unpaired) electrons. The van der Waals surface area contributed by atoms with Crippen molar-refractivity contribution >= 4 is 5.97 Å². The van der Waals surface area contributed by atoms with Crippen LogP contribution in [0.25, 0.3) is 0 Å². The van der Waals surface area contributed by atoms with Crippen molar-refractivity contribution < 1.29 is 44.9 Å². The van der Waals surface area contributed by atoms with E-state index in [0.717, 1.165) is 0 Å². The Bertz CT molecular complexity index is 1060. The fourth-order valence-electron chi connectivity index (χ4n) is 7.60. The molecule has 6 N–H and O–H groups in total. The molecule has 0 amide bonds. The predicted octanol–water partition coefficient (Wildman–Crippen LogP) is 0.159. The maximum absolute atomic E-state index is 13.2. The topological polar surface area (TPSA) is 160 Å². The maximum Gasteiger partial charge on any atom is 0.338 e. The summed E-state index contributed by atoms with van der Waals surface area (Å²) in [5.41, 5.74) is -6.94. The minimum absolute atomic E-state index is 0.0476. The third kappa shape index (κ3) is 3.05. The number of aliphatic hydroxyl groups excluding tert-OH is 3. The van der Waals surface area contributed by atoms with Crippen LogP contribution in [0.5, 0.6) is 0 Å². The van der Waals surface area contributed by atoms with E-state index in [1.165, 1.54) is 0 Å². The summed E-state index contributed by atoms with van der Waals surface area (Å²) < 4.78 is 11.8. The number of hydrogen-bond donors (Lipinski definition) is 6. The lowest BCUT2D eigenvalue weighted by atomic mass is 9.54. The standard InChI is InChI=1S/C27H36O9/c1-13(2)24(32)11-15(4)26(33)17-10-14(3)19(29)27(17,34)23(31)25(12-28)21(36-25)18(26)20(24)35-22(30)16-8-6-5-7-9-16/h5-9,14-15,17-21,23,28-29,31-34H,1,10-12H2,2-4H3/t14-,15-,17+,18-,19+,20-,21+,23-,24-,25+,26+,27-/m1/s1. The first-order chi connectivity index (χ1) is 16.8. The first-order valence-corrected chi connectivity index (χ1v) is 12.5. The molecule has 9 nitrogen and oxygen atoms in total. The Morgan fingerprint density at radius 3 is 2.36 bits per heavy atom. The number of carbonyl (C=O) groups excluding carboxylic acids is 1. The van der Waals surface area contributed by atoms with Crippen LogP contribution in [0.1, 0.15) is 44.0 Å². The SMILES string of the molecule is C=C(C)[C@]1(O)C[C@@H](C)[C@@]2(O)[C@H]([C@H]1OC(=O)c1ccccc1)[C@@H]1O[C@]1(CO)[C@@H](O)[C@@]1(O)[C@H]2C[C@@H](C)[C@@H]1O. The highest BCUT2D eigenvalue weighted by atomic mass is 16.6. The molecule has 1 heterocycles. The van der Waals surface area contributed by atoms with Gasteiger partial charge in [0.15, 0.2) is 0 Å². The zero-order valence-corrected chi connectivity index (χ0v) is 20.7. The van der Waals surface area contributed by atoms with Crippen LogP contribution in [0.15, 0.2) is 42.5 Å². The van der Waals surface area contributed by atoms with Gasteiger partial charge in [-0.15, -0.1) is 0 Å². The molecule has 1 aliphatic heterocycles. The van der Waals surface area contributed by atoms with E-state index in [-0.39, 0.29) is 18.4 Å². The van der Waals surface area contributed by atoms with Gasteiger partial charge in [-0.25, -0.2) is 4.79 Å². The van der Waals surface area contributed by atoms with E-state index in [1.54, 1.807) is 51.1 Å². The van der Waals surface area contributed by atoms with Gasteiger partial charge in [-0.1, -0.05) is 38.6 Å². The van der Waals surface area contributed by atoms with Gasteiger partial charge in [-0.3, -0.25) is 0 Å². The third-order valence-corrected chi connectivity index (χ3v) is 9.70. The molecule has 1 aromatic rings. The highest BCUT2D eigenvalue weighted by Gasteiger charge is 2.83. The molecule has 0 bridgehead atoms. The second-order valence-corrected chi connectivity index (χ2v) is 11.6. The number of esters is 1. The first-order valence-electron chi connectivity index (χ1n) is 12.5. The Kier molecular flexibility index (Phi) is 5.78. The molecular weight excluding hydrogens is 468 g/mol. The summed E-state index contributed by atoms with van der Waals surface area (Å²) in [6.07, 6.45) is -5.44. The molecule has 0 spiro atoms. The van der Waals surface area contributed by atoms with Crippen LogP contribution < -0.4 is 0 Å². The second kappa shape index (κ2) is 8.07. The van der Waals surface area contributed by atoms with Gasteiger partial charge in [0.25, 0.3) is 0 Å². The Morgan fingerprint density at radius 2 is 1.78 bits per heavy atom. The van der Waals surface area contributed by atoms with Crippen molar-refractivity contribution in [1.82, 2.24) is 0 Å². The fraction of sp³-hybridized carbons (Fsp3) is 0.667. The summed E-state index contributed by atoms with van der Waals surface area (Å²) in [5, 5.41) is 69.1. The number of benzene rings is 1. The van der Waals surface area contributed by atoms with Gasteiger partial charge in [0.05, 0.1) is 29.8 Å². The van der Waals surface area contributed by atoms with Gasteiger partial charge >= 0.3 is 5.97 Å². The molecule has 3 aliphatic carbocycles. The summed E-state index contributed by atoms with van der Waals surface area (Å²) in [7, 11) is 0. The van der Waals surface area contributed by atoms with Crippen LogP contribution in [0, 0.1) is 23.7 Å². The van der Waals surface area contributed by atoms with E-state index in [1.807, 2.05) is 0 Å². The summed E-state index contributed by atoms with van der Waals surface area (Å²) >= 11 is 0. The quantitative estimate of drug-likeness (QED) is 0.191. The van der Waals surface area contributed by atoms with Crippen LogP contribution in [0.3, 0.4) is 0 Å². The Morgan fingerprint density at radius 1 is 1.14 bits per heavy atom. The van der Waals surface area contributed by atoms with Gasteiger partial charge in [0, 0.05) is 5.92 Å². The molecule has 9 heteroatoms. The van der Waals surface area contributed by atoms with Crippen LogP contribution >= 0.6 is 0 Å². The van der Waals surface area contributed by atoms with Gasteiger partial charge in [-0.2, -0.15) is 0 Å². The molecule has 0 aromatic heterocycles. The normalized spacial score (nSPS) is 51.4. The van der Waals surface area contributed by atoms with E-state index >= 15 is 0 Å². The van der Waals surface area contributed by atoms with Crippen LogP contribution in [0.2, 0.25) is 0 Å². The predicted molar refractivity (Wildman–Crippen MR) is 127 cm³/mol. The summed E-state index contributed by atoms with van der Waals surface area (Å²) in [4.78, 5) is 13.2. The van der Waals surface area contributed by atoms with E-state index in [4.69, 9.17) is 9.47 Å². The maximum atomic E-state index is 13.2. The van der Waals surface area contributed by atoms with Crippen molar-refractivity contribution in [3.05, 3.63) is 48.0 Å². The van der Waals surface area contributed by atoms with Crippen molar-refractivity contribution in [2.24, 2.45) is 23.7 Å². The largest absolute Gasteiger partial charge is 0.455 e. The third-order valence-electron chi connectivity index (χ3n) is 9.70. The number of aliphatic hydroxyl groups is 6. The molecule has 5 rings (SSSR count). The lowest BCUT2D eigenvalue weighted by Gasteiger charge is -2.58. The number of rotatable bonds is 4. The summed E-state index contributed by atoms with van der Waals surface area (Å²) in [6, 6.07) is 8.22. The molecule has 4 aliphatic rings. The smallest absolute Gasteiger partial charge is 0.338 e. The lowest BCUT2D eigenvalue weighted by Crippen LogP contribution is -2.71. The molecular formula is C27H36O9. The molecule has 36 heavy (non-hydrogen) atoms. The van der Waals surface area contributed by atoms with Gasteiger partial charge < -0.3 is 40.1 Å². The number of ether oxygens (including phenoxy) is 2. The van der Waals surface area contributed by atoms with Gasteiger partial charge in [0.1, 0.15) is 35.1 Å². The van der Waals surface area contributed by atoms with Crippen molar-refractivity contribution in [2.75, 3.05) is 6.61 Å². The molecule has 4 fully saturated rings. The van der Waals surface area contributed by atoms with E-state index in [0.29, 0.717) is 5.57 Å². The summed E-state index contributed by atoms with van der Waals surface area (Å²) in [6.45, 7) is 8.27. The Balaban J connectivity index is 1.69. The number of hydrogen-bond acceptors (Lipinski definition) is 9. The van der Waals surface area contributed by atoms with Crippen molar-refractivity contribution in [3.8, 4) is 0 Å². The van der Waals surface area contributed by atoms with Crippen molar-refractivity contribution in [1.29, 1.82) is 0 Å². The molecule has 3 saturated carbocycles. The minimum atomic E-state index is -2.19. The molecule has 12 atom stereocenters. The number of fused-ring (bicyclic) bond motifs is 5. The minimum Gasteiger partial charge on any atom is -0.455 e. The van der Waals surface area contributed by atoms with Crippen LogP contribution in [-0.2, 0) is 9.47 Å². The average Bonchev–Trinajstić information content (AvgIpc) is 3.54. The van der Waals surface area contributed by atoms with Gasteiger partial charge in [0.2, 0.25) is 0 Å². The van der Waals surface area contributed by atoms with E-state index in [9.17, 15) is 35.4 Å². The number of epoxide rings is 1. The van der Waals surface area contributed by atoms with E-state index < -0.39 is 83.1 Å². The first kappa shape index (κ1) is 25.8. The van der Waals surface area contributed by atoms with Crippen LogP contribution in [0.4, 0.5) is 0 Å². The number of carbonyl (C=O) groups is 1. The average molecular weight is 505 g/mol. The zero-order valence-electron chi connectivity index (χ0n) is 20.7. The molecule has 1 aromatic carbocycles. The monoisotopic (exact) mass is 504 g/mol. The molecule has 198 valence electrons. The van der Waals surface area contributed by atoms with Crippen molar-refractivity contribution in [2.45, 2.75) is 80.4 Å². The molecule has 1 saturated heterocycles. The summed E-state index contributed by atoms with van der Waals surface area (Å²) in [5.74, 6) is -4.08.